The second-order valence-electron chi connectivity index (χ2n) is 4.62. The number of aromatic nitrogens is 1. The Bertz CT molecular complexity index is 569. The Morgan fingerprint density at radius 3 is 2.75 bits per heavy atom. The second kappa shape index (κ2) is 5.58. The zero-order valence-corrected chi connectivity index (χ0v) is 12.1. The second-order valence-corrected chi connectivity index (χ2v) is 5.38. The SMILES string of the molecule is Cc1nsc(N(C)C(=O)CN2CCCC2=O)c1C(=O)O. The summed E-state index contributed by atoms with van der Waals surface area (Å²) in [5.41, 5.74) is 0.424. The van der Waals surface area contributed by atoms with E-state index >= 15 is 0 Å². The molecule has 0 unspecified atom stereocenters. The Hall–Kier alpha value is -1.96. The van der Waals surface area contributed by atoms with Crippen LogP contribution in [0.15, 0.2) is 0 Å². The van der Waals surface area contributed by atoms with Crippen LogP contribution < -0.4 is 4.90 Å². The molecule has 0 aromatic carbocycles. The molecule has 1 aliphatic rings. The number of rotatable bonds is 4. The number of likely N-dealkylation sites (tertiary alicyclic amines) is 1. The number of carbonyl (C=O) groups excluding carboxylic acids is 2. The van der Waals surface area contributed by atoms with Crippen LogP contribution in [0.2, 0.25) is 0 Å². The minimum Gasteiger partial charge on any atom is -0.478 e. The van der Waals surface area contributed by atoms with Crippen LogP contribution in [0.5, 0.6) is 0 Å². The molecule has 0 radical (unpaired) electrons. The minimum absolute atomic E-state index is 0.0225. The van der Waals surface area contributed by atoms with Crippen LogP contribution in [0.4, 0.5) is 5.00 Å². The number of amides is 2. The zero-order chi connectivity index (χ0) is 14.9. The van der Waals surface area contributed by atoms with E-state index in [4.69, 9.17) is 5.11 Å². The van der Waals surface area contributed by atoms with Gasteiger partial charge in [-0.1, -0.05) is 0 Å². The maximum atomic E-state index is 12.1. The lowest BCUT2D eigenvalue weighted by Crippen LogP contribution is -2.39. The zero-order valence-electron chi connectivity index (χ0n) is 11.3. The maximum absolute atomic E-state index is 12.1. The van der Waals surface area contributed by atoms with Crippen LogP contribution in [0.3, 0.4) is 0 Å². The molecule has 0 bridgehead atoms. The summed E-state index contributed by atoms with van der Waals surface area (Å²) in [6, 6.07) is 0. The van der Waals surface area contributed by atoms with Crippen molar-refractivity contribution < 1.29 is 19.5 Å². The average Bonchev–Trinajstić information content (AvgIpc) is 2.95. The van der Waals surface area contributed by atoms with E-state index in [1.807, 2.05) is 0 Å². The molecule has 108 valence electrons. The van der Waals surface area contributed by atoms with E-state index in [9.17, 15) is 14.4 Å². The first-order valence-corrected chi connectivity index (χ1v) is 6.93. The van der Waals surface area contributed by atoms with E-state index in [0.717, 1.165) is 18.0 Å². The third-order valence-electron chi connectivity index (χ3n) is 3.23. The molecule has 0 saturated carbocycles. The summed E-state index contributed by atoms with van der Waals surface area (Å²) in [6.45, 7) is 2.14. The van der Waals surface area contributed by atoms with Crippen LogP contribution in [0.1, 0.15) is 28.9 Å². The number of anilines is 1. The van der Waals surface area contributed by atoms with Gasteiger partial charge >= 0.3 is 5.97 Å². The summed E-state index contributed by atoms with van der Waals surface area (Å²) in [7, 11) is 1.50. The van der Waals surface area contributed by atoms with E-state index < -0.39 is 5.97 Å². The van der Waals surface area contributed by atoms with Crippen molar-refractivity contribution >= 4 is 34.3 Å². The van der Waals surface area contributed by atoms with E-state index in [1.54, 1.807) is 6.92 Å². The molecule has 0 spiro atoms. The third kappa shape index (κ3) is 2.64. The molecule has 8 heteroatoms. The Morgan fingerprint density at radius 1 is 1.50 bits per heavy atom. The summed E-state index contributed by atoms with van der Waals surface area (Å²) < 4.78 is 3.97. The van der Waals surface area contributed by atoms with E-state index in [-0.39, 0.29) is 23.9 Å². The van der Waals surface area contributed by atoms with Crippen molar-refractivity contribution in [1.82, 2.24) is 9.27 Å². The number of nitrogens with zero attached hydrogens (tertiary/aromatic N) is 3. The number of aryl methyl sites for hydroxylation is 1. The standard InChI is InChI=1S/C12H15N3O4S/c1-7-10(12(18)19)11(20-13-7)14(2)9(17)6-15-5-3-4-8(15)16/h3-6H2,1-2H3,(H,18,19). The highest BCUT2D eigenvalue weighted by Crippen LogP contribution is 2.28. The molecular weight excluding hydrogens is 282 g/mol. The van der Waals surface area contributed by atoms with Crippen molar-refractivity contribution in [2.75, 3.05) is 25.0 Å². The molecule has 1 saturated heterocycles. The van der Waals surface area contributed by atoms with Gasteiger partial charge in [0.15, 0.2) is 0 Å². The van der Waals surface area contributed by atoms with E-state index in [2.05, 4.69) is 4.37 Å². The highest BCUT2D eigenvalue weighted by atomic mass is 32.1. The van der Waals surface area contributed by atoms with Crippen molar-refractivity contribution in [3.8, 4) is 0 Å². The lowest BCUT2D eigenvalue weighted by atomic mass is 10.2. The number of hydrogen-bond donors (Lipinski definition) is 1. The predicted molar refractivity (Wildman–Crippen MR) is 73.0 cm³/mol. The van der Waals surface area contributed by atoms with Gasteiger partial charge in [0.1, 0.15) is 17.1 Å². The van der Waals surface area contributed by atoms with Gasteiger partial charge in [-0.25, -0.2) is 4.79 Å². The average molecular weight is 297 g/mol. The molecule has 7 nitrogen and oxygen atoms in total. The molecule has 1 aliphatic heterocycles. The summed E-state index contributed by atoms with van der Waals surface area (Å²) in [6.07, 6.45) is 1.23. The van der Waals surface area contributed by atoms with E-state index in [1.165, 1.54) is 16.8 Å². The minimum atomic E-state index is -1.11. The lowest BCUT2D eigenvalue weighted by molar-refractivity contribution is -0.132. The molecule has 0 atom stereocenters. The topological polar surface area (TPSA) is 90.8 Å². The van der Waals surface area contributed by atoms with Crippen molar-refractivity contribution in [3.63, 3.8) is 0 Å². The Morgan fingerprint density at radius 2 is 2.20 bits per heavy atom. The van der Waals surface area contributed by atoms with Crippen LogP contribution in [0.25, 0.3) is 0 Å². The van der Waals surface area contributed by atoms with Gasteiger partial charge in [0, 0.05) is 20.0 Å². The molecule has 1 aromatic heterocycles. The molecule has 1 aromatic rings. The molecule has 0 aliphatic carbocycles. The summed E-state index contributed by atoms with van der Waals surface area (Å²) in [5.74, 6) is -1.46. The summed E-state index contributed by atoms with van der Waals surface area (Å²) >= 11 is 0.970. The third-order valence-corrected chi connectivity index (χ3v) is 4.25. The van der Waals surface area contributed by atoms with Crippen molar-refractivity contribution in [3.05, 3.63) is 11.3 Å². The molecule has 1 N–H and O–H groups in total. The number of likely N-dealkylation sites (N-methyl/N-ethyl adjacent to an activating group) is 1. The van der Waals surface area contributed by atoms with Crippen molar-refractivity contribution in [2.45, 2.75) is 19.8 Å². The van der Waals surface area contributed by atoms with Gasteiger partial charge in [0.05, 0.1) is 5.69 Å². The predicted octanol–water partition coefficient (Wildman–Crippen LogP) is 0.735. The monoisotopic (exact) mass is 297 g/mol. The largest absolute Gasteiger partial charge is 0.478 e. The van der Waals surface area contributed by atoms with Gasteiger partial charge in [-0.2, -0.15) is 4.37 Å². The fourth-order valence-corrected chi connectivity index (χ4v) is 2.95. The fraction of sp³-hybridized carbons (Fsp3) is 0.500. The van der Waals surface area contributed by atoms with Crippen LogP contribution in [-0.4, -0.2) is 52.3 Å². The number of carboxylic acid groups (broad SMARTS) is 1. The Kier molecular flexibility index (Phi) is 4.03. The van der Waals surface area contributed by atoms with Gasteiger partial charge < -0.3 is 14.9 Å². The van der Waals surface area contributed by atoms with Crippen LogP contribution >= 0.6 is 11.5 Å². The summed E-state index contributed by atoms with van der Waals surface area (Å²) in [5, 5.41) is 9.45. The number of carbonyl (C=O) groups is 3. The number of carboxylic acids is 1. The lowest BCUT2D eigenvalue weighted by Gasteiger charge is -2.20. The van der Waals surface area contributed by atoms with Gasteiger partial charge in [-0.05, 0) is 24.9 Å². The quantitative estimate of drug-likeness (QED) is 0.885. The van der Waals surface area contributed by atoms with Gasteiger partial charge in [-0.15, -0.1) is 0 Å². The number of aromatic carboxylic acids is 1. The molecule has 20 heavy (non-hydrogen) atoms. The van der Waals surface area contributed by atoms with Crippen molar-refractivity contribution in [2.24, 2.45) is 0 Å². The first-order valence-electron chi connectivity index (χ1n) is 6.15. The Balaban J connectivity index is 2.14. The maximum Gasteiger partial charge on any atom is 0.340 e. The van der Waals surface area contributed by atoms with Gasteiger partial charge in [0.2, 0.25) is 11.8 Å². The van der Waals surface area contributed by atoms with Crippen molar-refractivity contribution in [1.29, 1.82) is 0 Å². The van der Waals surface area contributed by atoms with E-state index in [0.29, 0.717) is 23.7 Å². The molecule has 2 rings (SSSR count). The highest BCUT2D eigenvalue weighted by molar-refractivity contribution is 7.11. The Labute approximate surface area is 120 Å². The number of hydrogen-bond acceptors (Lipinski definition) is 5. The molecular formula is C12H15N3O4S. The van der Waals surface area contributed by atoms with Crippen LogP contribution in [0, 0.1) is 6.92 Å². The molecule has 2 amide bonds. The first-order chi connectivity index (χ1) is 9.41. The van der Waals surface area contributed by atoms with Gasteiger partial charge in [-0.3, -0.25) is 9.59 Å². The summed E-state index contributed by atoms with van der Waals surface area (Å²) in [4.78, 5) is 37.6. The highest BCUT2D eigenvalue weighted by Gasteiger charge is 2.27. The smallest absolute Gasteiger partial charge is 0.340 e. The molecule has 2 heterocycles. The molecule has 1 fully saturated rings. The normalized spacial score (nSPS) is 14.7. The first kappa shape index (κ1) is 14.4. The van der Waals surface area contributed by atoms with Gasteiger partial charge in [0.25, 0.3) is 0 Å². The van der Waals surface area contributed by atoms with Crippen LogP contribution in [-0.2, 0) is 9.59 Å². The fourth-order valence-electron chi connectivity index (χ4n) is 2.09.